The highest BCUT2D eigenvalue weighted by Crippen LogP contribution is 2.44. The van der Waals surface area contributed by atoms with Gasteiger partial charge in [0.15, 0.2) is 0 Å². The number of aliphatic hydroxyl groups excluding tert-OH is 1. The lowest BCUT2D eigenvalue weighted by molar-refractivity contribution is -0.141. The van der Waals surface area contributed by atoms with Crippen LogP contribution in [-0.4, -0.2) is 66.0 Å². The van der Waals surface area contributed by atoms with Crippen LogP contribution in [0.25, 0.3) is 11.1 Å². The molecule has 0 bridgehead atoms. The number of nitrogens with zero attached hydrogens (tertiary/aromatic N) is 1. The van der Waals surface area contributed by atoms with Crippen LogP contribution in [-0.2, 0) is 15.1 Å². The number of nitrogens with two attached hydrogens (primary N) is 1. The van der Waals surface area contributed by atoms with Crippen molar-refractivity contribution < 1.29 is 28.9 Å². The number of piperidine rings is 1. The van der Waals surface area contributed by atoms with Gasteiger partial charge in [0, 0.05) is 43.1 Å². The average molecular weight is 542 g/mol. The first-order valence-electron chi connectivity index (χ1n) is 13.8. The first-order chi connectivity index (χ1) is 18.6. The van der Waals surface area contributed by atoms with E-state index < -0.39 is 29.7 Å². The molecule has 1 aliphatic carbocycles. The molecule has 5 atom stereocenters. The largest absolute Gasteiger partial charge is 0.453 e. The zero-order valence-electron chi connectivity index (χ0n) is 22.7. The second-order valence-electron chi connectivity index (χ2n) is 11.0. The Kier molecular flexibility index (Phi) is 9.25. The molecule has 1 aliphatic heterocycles. The molecule has 0 spiro atoms. The van der Waals surface area contributed by atoms with E-state index in [1.807, 2.05) is 31.2 Å². The molecule has 0 unspecified atom stereocenters. The lowest BCUT2D eigenvalue weighted by Crippen LogP contribution is -2.50. The number of halogens is 1. The monoisotopic (exact) mass is 541 g/mol. The number of aryl methyl sites for hydroxylation is 1. The molecule has 2 fully saturated rings. The lowest BCUT2D eigenvalue weighted by Gasteiger charge is -2.44. The molecule has 8 nitrogen and oxygen atoms in total. The topological polar surface area (TPSA) is 125 Å². The summed E-state index contributed by atoms with van der Waals surface area (Å²) in [6.45, 7) is 3.08. The second kappa shape index (κ2) is 12.4. The minimum atomic E-state index is -1.47. The predicted molar refractivity (Wildman–Crippen MR) is 146 cm³/mol. The Balaban J connectivity index is 1.67. The Morgan fingerprint density at radius 1 is 1.23 bits per heavy atom. The number of hydrogen-bond donors (Lipinski definition) is 4. The van der Waals surface area contributed by atoms with E-state index in [-0.39, 0.29) is 30.7 Å². The number of ether oxygens (including phenoxy) is 1. The fraction of sp³-hybridized carbons (Fsp3) is 0.533. The van der Waals surface area contributed by atoms with Crippen molar-refractivity contribution in [1.29, 1.82) is 0 Å². The predicted octanol–water partition coefficient (Wildman–Crippen LogP) is 3.46. The van der Waals surface area contributed by atoms with Crippen LogP contribution in [0.5, 0.6) is 0 Å². The van der Waals surface area contributed by atoms with Crippen LogP contribution in [0.3, 0.4) is 0 Å². The maximum absolute atomic E-state index is 15.5. The highest BCUT2D eigenvalue weighted by Gasteiger charge is 2.45. The molecule has 2 aliphatic rings. The number of hydrogen-bond acceptors (Lipinski definition) is 6. The molecule has 39 heavy (non-hydrogen) atoms. The Hall–Kier alpha value is -3.01. The number of methoxy groups -OCH3 is 1. The van der Waals surface area contributed by atoms with Crippen LogP contribution in [0.4, 0.5) is 9.18 Å². The van der Waals surface area contributed by atoms with Crippen LogP contribution >= 0.6 is 0 Å². The zero-order valence-corrected chi connectivity index (χ0v) is 22.7. The number of benzene rings is 2. The lowest BCUT2D eigenvalue weighted by atomic mass is 9.72. The van der Waals surface area contributed by atoms with Gasteiger partial charge in [-0.25, -0.2) is 9.18 Å². The van der Waals surface area contributed by atoms with Crippen molar-refractivity contribution >= 4 is 12.0 Å². The molecule has 4 rings (SSSR count). The van der Waals surface area contributed by atoms with Gasteiger partial charge in [-0.3, -0.25) is 4.79 Å². The summed E-state index contributed by atoms with van der Waals surface area (Å²) in [6.07, 6.45) is 1.54. The van der Waals surface area contributed by atoms with Crippen molar-refractivity contribution in [2.75, 3.05) is 26.7 Å². The standard InChI is InChI=1S/C30H40FN3O5/c1-19-7-3-8-20(15-19)27-23(10-4-11-24(27)31)30(38,12-6-13-33-29(37)39-2)22-9-5-14-34(18-22)28(36)21-16-25(32)26(35)17-21/h3-4,7-8,10-11,15,21-22,25-26,35,38H,5-6,9,12-14,16-18,32H2,1-2H3,(H,33,37)/t21-,22+,25+,26-,30-/m0/s1. The summed E-state index contributed by atoms with van der Waals surface area (Å²) < 4.78 is 20.2. The Labute approximate surface area is 229 Å². The van der Waals surface area contributed by atoms with E-state index >= 15 is 4.39 Å². The maximum Gasteiger partial charge on any atom is 0.406 e. The van der Waals surface area contributed by atoms with Crippen molar-refractivity contribution in [3.63, 3.8) is 0 Å². The van der Waals surface area contributed by atoms with Crippen molar-refractivity contribution in [1.82, 2.24) is 10.2 Å². The van der Waals surface area contributed by atoms with Gasteiger partial charge in [-0.2, -0.15) is 0 Å². The quantitative estimate of drug-likeness (QED) is 0.380. The third-order valence-corrected chi connectivity index (χ3v) is 8.31. The van der Waals surface area contributed by atoms with Gasteiger partial charge in [-0.1, -0.05) is 42.0 Å². The van der Waals surface area contributed by atoms with E-state index in [1.54, 1.807) is 17.0 Å². The SMILES string of the molecule is COC(=O)NCCC[C@@](O)(c1cccc(F)c1-c1cccc(C)c1)[C@@H]1CCCN(C(=O)[C@H]2C[C@@H](N)[C@@H](O)C2)C1. The van der Waals surface area contributed by atoms with E-state index in [4.69, 9.17) is 5.73 Å². The van der Waals surface area contributed by atoms with E-state index in [0.29, 0.717) is 61.9 Å². The van der Waals surface area contributed by atoms with E-state index in [1.165, 1.54) is 13.2 Å². The van der Waals surface area contributed by atoms with E-state index in [0.717, 1.165) is 5.56 Å². The van der Waals surface area contributed by atoms with Gasteiger partial charge in [0.05, 0.1) is 18.8 Å². The molecule has 1 saturated heterocycles. The van der Waals surface area contributed by atoms with E-state index in [9.17, 15) is 19.8 Å². The van der Waals surface area contributed by atoms with Crippen molar-refractivity contribution in [3.05, 3.63) is 59.4 Å². The summed E-state index contributed by atoms with van der Waals surface area (Å²) in [5.74, 6) is -1.19. The van der Waals surface area contributed by atoms with Crippen LogP contribution in [0.1, 0.15) is 49.7 Å². The molecule has 5 N–H and O–H groups in total. The van der Waals surface area contributed by atoms with Crippen molar-refractivity contribution in [3.8, 4) is 11.1 Å². The number of carbonyl (C=O) groups is 2. The minimum Gasteiger partial charge on any atom is -0.453 e. The van der Waals surface area contributed by atoms with E-state index in [2.05, 4.69) is 10.1 Å². The summed E-state index contributed by atoms with van der Waals surface area (Å²) >= 11 is 0. The van der Waals surface area contributed by atoms with Crippen LogP contribution < -0.4 is 11.1 Å². The van der Waals surface area contributed by atoms with Gasteiger partial charge in [0.25, 0.3) is 0 Å². The fourth-order valence-corrected chi connectivity index (χ4v) is 6.23. The molecule has 1 saturated carbocycles. The maximum atomic E-state index is 15.5. The first kappa shape index (κ1) is 29.0. The van der Waals surface area contributed by atoms with Gasteiger partial charge in [-0.05, 0) is 62.6 Å². The molecule has 0 radical (unpaired) electrons. The van der Waals surface area contributed by atoms with Crippen LogP contribution in [0.2, 0.25) is 0 Å². The molecule has 212 valence electrons. The fourth-order valence-electron chi connectivity index (χ4n) is 6.23. The summed E-state index contributed by atoms with van der Waals surface area (Å²) in [4.78, 5) is 26.8. The normalized spacial score (nSPS) is 24.7. The Bertz CT molecular complexity index is 1170. The number of alkyl carbamates (subject to hydrolysis) is 1. The molecule has 1 heterocycles. The molecule has 2 amide bonds. The van der Waals surface area contributed by atoms with Crippen molar-refractivity contribution in [2.45, 2.75) is 63.2 Å². The Morgan fingerprint density at radius 2 is 2.00 bits per heavy atom. The summed E-state index contributed by atoms with van der Waals surface area (Å²) in [6, 6.07) is 11.9. The van der Waals surface area contributed by atoms with Crippen LogP contribution in [0, 0.1) is 24.6 Å². The summed E-state index contributed by atoms with van der Waals surface area (Å²) in [5, 5.41) is 25.3. The number of aliphatic hydroxyl groups is 2. The summed E-state index contributed by atoms with van der Waals surface area (Å²) in [5.41, 5.74) is 6.97. The molecule has 2 aromatic rings. The highest BCUT2D eigenvalue weighted by atomic mass is 19.1. The zero-order chi connectivity index (χ0) is 28.2. The number of carbonyl (C=O) groups excluding carboxylic acids is 2. The number of nitrogens with one attached hydrogen (secondary N) is 1. The molecule has 9 heteroatoms. The molecule has 0 aromatic heterocycles. The van der Waals surface area contributed by atoms with Crippen LogP contribution in [0.15, 0.2) is 42.5 Å². The third kappa shape index (κ3) is 6.42. The first-order valence-corrected chi connectivity index (χ1v) is 13.8. The number of likely N-dealkylation sites (tertiary alicyclic amines) is 1. The number of amides is 2. The Morgan fingerprint density at radius 3 is 2.69 bits per heavy atom. The third-order valence-electron chi connectivity index (χ3n) is 8.31. The minimum absolute atomic E-state index is 0.0560. The van der Waals surface area contributed by atoms with Crippen molar-refractivity contribution in [2.24, 2.45) is 17.6 Å². The molecular weight excluding hydrogens is 501 g/mol. The number of rotatable bonds is 8. The smallest absolute Gasteiger partial charge is 0.406 e. The average Bonchev–Trinajstić information content (AvgIpc) is 3.28. The molecular formula is C30H40FN3O5. The van der Waals surface area contributed by atoms with Gasteiger partial charge in [-0.15, -0.1) is 0 Å². The van der Waals surface area contributed by atoms with Gasteiger partial charge >= 0.3 is 6.09 Å². The van der Waals surface area contributed by atoms with Gasteiger partial charge < -0.3 is 30.9 Å². The van der Waals surface area contributed by atoms with Gasteiger partial charge in [0.2, 0.25) is 5.91 Å². The highest BCUT2D eigenvalue weighted by molar-refractivity contribution is 5.79. The second-order valence-corrected chi connectivity index (χ2v) is 11.0. The summed E-state index contributed by atoms with van der Waals surface area (Å²) in [7, 11) is 1.29. The molecule has 2 aromatic carbocycles. The van der Waals surface area contributed by atoms with Gasteiger partial charge in [0.1, 0.15) is 5.82 Å².